The highest BCUT2D eigenvalue weighted by Crippen LogP contribution is 2.28. The molecule has 1 atom stereocenters. The van der Waals surface area contributed by atoms with Crippen LogP contribution in [0.3, 0.4) is 0 Å². The maximum atomic E-state index is 12.9. The van der Waals surface area contributed by atoms with E-state index in [1.165, 1.54) is 0 Å². The average Bonchev–Trinajstić information content (AvgIpc) is 3.09. The van der Waals surface area contributed by atoms with Crippen molar-refractivity contribution in [1.29, 1.82) is 0 Å². The van der Waals surface area contributed by atoms with Crippen molar-refractivity contribution in [3.05, 3.63) is 53.1 Å². The Morgan fingerprint density at radius 1 is 1.04 bits per heavy atom. The number of halogens is 1. The van der Waals surface area contributed by atoms with Crippen LogP contribution in [0, 0.1) is 5.92 Å². The number of rotatable bonds is 3. The third-order valence-electron chi connectivity index (χ3n) is 5.19. The number of piperazine rings is 1. The maximum absolute atomic E-state index is 12.9. The van der Waals surface area contributed by atoms with Crippen molar-refractivity contribution in [2.75, 3.05) is 42.5 Å². The Labute approximate surface area is 166 Å². The van der Waals surface area contributed by atoms with Crippen molar-refractivity contribution in [3.8, 4) is 0 Å². The summed E-state index contributed by atoms with van der Waals surface area (Å²) in [6.45, 7) is 3.30. The number of benzene rings is 1. The summed E-state index contributed by atoms with van der Waals surface area (Å²) in [5, 5.41) is 0. The van der Waals surface area contributed by atoms with E-state index in [2.05, 4.69) is 25.8 Å². The van der Waals surface area contributed by atoms with Crippen LogP contribution in [0.15, 0.2) is 53.1 Å². The molecule has 6 nitrogen and oxygen atoms in total. The normalized spacial score (nSPS) is 20.3. The first kappa shape index (κ1) is 18.0. The molecule has 3 heterocycles. The lowest BCUT2D eigenvalue weighted by molar-refractivity contribution is -0.140. The van der Waals surface area contributed by atoms with Gasteiger partial charge < -0.3 is 14.7 Å². The molecule has 2 amide bonds. The van der Waals surface area contributed by atoms with Crippen molar-refractivity contribution >= 4 is 39.2 Å². The minimum absolute atomic E-state index is 0.0434. The third-order valence-corrected chi connectivity index (χ3v) is 5.68. The Morgan fingerprint density at radius 2 is 1.85 bits per heavy atom. The number of anilines is 2. The lowest BCUT2D eigenvalue weighted by atomic mass is 10.1. The van der Waals surface area contributed by atoms with Crippen LogP contribution in [-0.2, 0) is 9.59 Å². The quantitative estimate of drug-likeness (QED) is 0.704. The minimum atomic E-state index is -0.564. The van der Waals surface area contributed by atoms with Gasteiger partial charge in [-0.3, -0.25) is 9.59 Å². The van der Waals surface area contributed by atoms with Gasteiger partial charge in [0.15, 0.2) is 0 Å². The van der Waals surface area contributed by atoms with Gasteiger partial charge in [-0.05, 0) is 36.8 Å². The van der Waals surface area contributed by atoms with E-state index in [0.29, 0.717) is 26.1 Å². The third kappa shape index (κ3) is 3.69. The molecule has 4 rings (SSSR count). The van der Waals surface area contributed by atoms with E-state index < -0.39 is 5.92 Å². The Morgan fingerprint density at radius 3 is 2.56 bits per heavy atom. The van der Waals surface area contributed by atoms with Gasteiger partial charge in [0.1, 0.15) is 11.7 Å². The van der Waals surface area contributed by atoms with Crippen LogP contribution >= 0.6 is 15.9 Å². The van der Waals surface area contributed by atoms with Gasteiger partial charge in [0.2, 0.25) is 11.8 Å². The predicted molar refractivity (Wildman–Crippen MR) is 108 cm³/mol. The summed E-state index contributed by atoms with van der Waals surface area (Å²) in [6, 6.07) is 13.5. The smallest absolute Gasteiger partial charge is 0.239 e. The molecule has 7 heteroatoms. The first-order chi connectivity index (χ1) is 13.1. The molecule has 140 valence electrons. The molecule has 0 aliphatic carbocycles. The first-order valence-corrected chi connectivity index (χ1v) is 9.94. The molecule has 0 bridgehead atoms. The van der Waals surface area contributed by atoms with E-state index in [0.717, 1.165) is 29.1 Å². The first-order valence-electron chi connectivity index (χ1n) is 9.15. The van der Waals surface area contributed by atoms with Crippen LogP contribution in [-0.4, -0.2) is 54.4 Å². The van der Waals surface area contributed by atoms with E-state index in [-0.39, 0.29) is 11.8 Å². The van der Waals surface area contributed by atoms with Gasteiger partial charge >= 0.3 is 0 Å². The predicted octanol–water partition coefficient (Wildman–Crippen LogP) is 2.55. The summed E-state index contributed by atoms with van der Waals surface area (Å²) in [5.74, 6) is 0.233. The zero-order valence-corrected chi connectivity index (χ0v) is 16.5. The number of nitrogens with zero attached hydrogens (tertiary/aromatic N) is 4. The fourth-order valence-electron chi connectivity index (χ4n) is 3.73. The van der Waals surface area contributed by atoms with Gasteiger partial charge in [-0.1, -0.05) is 28.1 Å². The highest BCUT2D eigenvalue weighted by molar-refractivity contribution is 9.10. The number of carbonyl (C=O) groups is 2. The molecule has 0 spiro atoms. The standard InChI is InChI=1S/C20H21BrN4O2/c21-15-4-3-5-16(14-15)25-9-7-17(20(25)27)19(26)24-12-10-23(11-13-24)18-6-1-2-8-22-18/h1-6,8,14,17H,7,9-13H2. The molecule has 2 aliphatic heterocycles. The molecule has 2 saturated heterocycles. The number of hydrogen-bond donors (Lipinski definition) is 0. The van der Waals surface area contributed by atoms with E-state index in [1.54, 1.807) is 11.1 Å². The maximum Gasteiger partial charge on any atom is 0.239 e. The zero-order valence-electron chi connectivity index (χ0n) is 14.9. The molecule has 2 aliphatic rings. The summed E-state index contributed by atoms with van der Waals surface area (Å²) < 4.78 is 0.924. The Bertz CT molecular complexity index is 837. The number of aromatic nitrogens is 1. The van der Waals surface area contributed by atoms with Crippen LogP contribution in [0.5, 0.6) is 0 Å². The monoisotopic (exact) mass is 428 g/mol. The van der Waals surface area contributed by atoms with E-state index in [9.17, 15) is 9.59 Å². The lowest BCUT2D eigenvalue weighted by Crippen LogP contribution is -2.51. The summed E-state index contributed by atoms with van der Waals surface area (Å²) in [4.78, 5) is 35.9. The number of hydrogen-bond acceptors (Lipinski definition) is 4. The van der Waals surface area contributed by atoms with Gasteiger partial charge in [-0.15, -0.1) is 0 Å². The second-order valence-corrected chi connectivity index (χ2v) is 7.73. The summed E-state index contributed by atoms with van der Waals surface area (Å²) >= 11 is 3.44. The van der Waals surface area contributed by atoms with Crippen LogP contribution in [0.25, 0.3) is 0 Å². The van der Waals surface area contributed by atoms with Crippen molar-refractivity contribution in [1.82, 2.24) is 9.88 Å². The van der Waals surface area contributed by atoms with E-state index in [1.807, 2.05) is 47.4 Å². The molecular weight excluding hydrogens is 408 g/mol. The van der Waals surface area contributed by atoms with Crippen molar-refractivity contribution in [2.45, 2.75) is 6.42 Å². The van der Waals surface area contributed by atoms with Gasteiger partial charge in [0.05, 0.1) is 0 Å². The van der Waals surface area contributed by atoms with Crippen LogP contribution < -0.4 is 9.80 Å². The van der Waals surface area contributed by atoms with E-state index in [4.69, 9.17) is 0 Å². The summed E-state index contributed by atoms with van der Waals surface area (Å²) in [5.41, 5.74) is 0.838. The van der Waals surface area contributed by atoms with Crippen LogP contribution in [0.2, 0.25) is 0 Å². The molecule has 2 aromatic rings. The summed E-state index contributed by atoms with van der Waals surface area (Å²) in [6.07, 6.45) is 2.35. The number of carbonyl (C=O) groups excluding carboxylic acids is 2. The van der Waals surface area contributed by atoms with Gasteiger partial charge in [-0.25, -0.2) is 4.98 Å². The molecule has 1 unspecified atom stereocenters. The molecule has 0 N–H and O–H groups in total. The average molecular weight is 429 g/mol. The fraction of sp³-hybridized carbons (Fsp3) is 0.350. The zero-order chi connectivity index (χ0) is 18.8. The number of pyridine rings is 1. The Hall–Kier alpha value is -2.41. The van der Waals surface area contributed by atoms with Crippen molar-refractivity contribution < 1.29 is 9.59 Å². The molecule has 27 heavy (non-hydrogen) atoms. The second kappa shape index (κ2) is 7.68. The SMILES string of the molecule is O=C(C1CCN(c2cccc(Br)c2)C1=O)N1CCN(c2ccccn2)CC1. The highest BCUT2D eigenvalue weighted by Gasteiger charge is 2.40. The van der Waals surface area contributed by atoms with Gasteiger partial charge in [-0.2, -0.15) is 0 Å². The Balaban J connectivity index is 1.38. The largest absolute Gasteiger partial charge is 0.353 e. The van der Waals surface area contributed by atoms with Gasteiger partial charge in [0, 0.05) is 49.1 Å². The molecule has 2 fully saturated rings. The molecule has 0 saturated carbocycles. The van der Waals surface area contributed by atoms with Crippen molar-refractivity contribution in [2.24, 2.45) is 5.92 Å². The van der Waals surface area contributed by atoms with Crippen LogP contribution in [0.1, 0.15) is 6.42 Å². The number of amides is 2. The lowest BCUT2D eigenvalue weighted by Gasteiger charge is -2.36. The topological polar surface area (TPSA) is 56.8 Å². The van der Waals surface area contributed by atoms with Crippen LogP contribution in [0.4, 0.5) is 11.5 Å². The van der Waals surface area contributed by atoms with E-state index >= 15 is 0 Å². The van der Waals surface area contributed by atoms with Crippen molar-refractivity contribution in [3.63, 3.8) is 0 Å². The highest BCUT2D eigenvalue weighted by atomic mass is 79.9. The Kier molecular flexibility index (Phi) is 5.11. The molecule has 1 aromatic carbocycles. The fourth-order valence-corrected chi connectivity index (χ4v) is 4.11. The molecular formula is C20H21BrN4O2. The van der Waals surface area contributed by atoms with Gasteiger partial charge in [0.25, 0.3) is 0 Å². The minimum Gasteiger partial charge on any atom is -0.353 e. The summed E-state index contributed by atoms with van der Waals surface area (Å²) in [7, 11) is 0. The molecule has 1 aromatic heterocycles. The molecule has 0 radical (unpaired) electrons. The second-order valence-electron chi connectivity index (χ2n) is 6.81.